The fourth-order valence-corrected chi connectivity index (χ4v) is 3.75. The largest absolute Gasteiger partial charge is 0.480 e. The van der Waals surface area contributed by atoms with Crippen molar-refractivity contribution in [2.75, 3.05) is 0 Å². The Morgan fingerprint density at radius 1 is 1.58 bits per heavy atom. The van der Waals surface area contributed by atoms with E-state index in [-0.39, 0.29) is 15.5 Å². The predicted molar refractivity (Wildman–Crippen MR) is 70.3 cm³/mol. The molecule has 1 aromatic heterocycles. The van der Waals surface area contributed by atoms with Crippen LogP contribution >= 0.6 is 11.3 Å². The van der Waals surface area contributed by atoms with Gasteiger partial charge in [-0.1, -0.05) is 19.8 Å². The number of rotatable bonds is 7. The fraction of sp³-hybridized carbons (Fsp3) is 0.455. The number of hydrogen-bond donors (Lipinski definition) is 2. The standard InChI is InChI=1S/C11H14N2O4S2/c1-2-3-4-9(11(14)15)13-19(16,17)10-6-5-8(7-12)18-10/h5-6,9,13H,2-4H2,1H3,(H,14,15)/t9-/m0/s1. The number of carboxylic acid groups (broad SMARTS) is 1. The minimum atomic E-state index is -3.89. The summed E-state index contributed by atoms with van der Waals surface area (Å²) >= 11 is 0.813. The van der Waals surface area contributed by atoms with Crippen LogP contribution in [0.2, 0.25) is 0 Å². The van der Waals surface area contributed by atoms with Crippen LogP contribution in [0.25, 0.3) is 0 Å². The van der Waals surface area contributed by atoms with Crippen molar-refractivity contribution in [1.82, 2.24) is 4.72 Å². The van der Waals surface area contributed by atoms with Crippen LogP contribution < -0.4 is 4.72 Å². The second-order valence-corrected chi connectivity index (χ2v) is 6.91. The van der Waals surface area contributed by atoms with E-state index in [9.17, 15) is 13.2 Å². The van der Waals surface area contributed by atoms with E-state index >= 15 is 0 Å². The molecule has 0 radical (unpaired) electrons. The highest BCUT2D eigenvalue weighted by molar-refractivity contribution is 7.91. The van der Waals surface area contributed by atoms with Crippen LogP contribution in [-0.2, 0) is 14.8 Å². The van der Waals surface area contributed by atoms with E-state index in [1.165, 1.54) is 12.1 Å². The average Bonchev–Trinajstić information content (AvgIpc) is 2.83. The predicted octanol–water partition coefficient (Wildman–Crippen LogP) is 1.54. The smallest absolute Gasteiger partial charge is 0.321 e. The second-order valence-electron chi connectivity index (χ2n) is 3.88. The molecule has 104 valence electrons. The summed E-state index contributed by atoms with van der Waals surface area (Å²) in [6.07, 6.45) is 1.64. The van der Waals surface area contributed by atoms with Gasteiger partial charge >= 0.3 is 5.97 Å². The van der Waals surface area contributed by atoms with Gasteiger partial charge in [0.15, 0.2) is 0 Å². The van der Waals surface area contributed by atoms with E-state index in [1.54, 1.807) is 0 Å². The third-order valence-corrected chi connectivity index (χ3v) is 5.35. The Kier molecular flexibility index (Phi) is 5.47. The topological polar surface area (TPSA) is 107 Å². The number of nitrogens with zero attached hydrogens (tertiary/aromatic N) is 1. The van der Waals surface area contributed by atoms with Crippen molar-refractivity contribution in [3.63, 3.8) is 0 Å². The van der Waals surface area contributed by atoms with Crippen molar-refractivity contribution < 1.29 is 18.3 Å². The quantitative estimate of drug-likeness (QED) is 0.794. The average molecular weight is 302 g/mol. The highest BCUT2D eigenvalue weighted by Crippen LogP contribution is 2.21. The maximum Gasteiger partial charge on any atom is 0.321 e. The Morgan fingerprint density at radius 3 is 2.74 bits per heavy atom. The molecule has 0 aliphatic heterocycles. The van der Waals surface area contributed by atoms with Gasteiger partial charge in [-0.2, -0.15) is 9.98 Å². The Labute approximate surface area is 115 Å². The zero-order chi connectivity index (χ0) is 14.5. The van der Waals surface area contributed by atoms with Crippen molar-refractivity contribution in [1.29, 1.82) is 5.26 Å². The Hall–Kier alpha value is -1.43. The number of carboxylic acids is 1. The first-order valence-electron chi connectivity index (χ1n) is 5.65. The van der Waals surface area contributed by atoms with Crippen molar-refractivity contribution >= 4 is 27.3 Å². The number of hydrogen-bond acceptors (Lipinski definition) is 5. The summed E-state index contributed by atoms with van der Waals surface area (Å²) in [5, 5.41) is 17.6. The minimum absolute atomic E-state index is 0.0493. The van der Waals surface area contributed by atoms with Crippen LogP contribution in [-0.4, -0.2) is 25.5 Å². The van der Waals surface area contributed by atoms with Gasteiger partial charge in [-0.3, -0.25) is 4.79 Å². The first kappa shape index (κ1) is 15.6. The molecular formula is C11H14N2O4S2. The van der Waals surface area contributed by atoms with E-state index in [1.807, 2.05) is 13.0 Å². The summed E-state index contributed by atoms with van der Waals surface area (Å²) in [7, 11) is -3.89. The maximum absolute atomic E-state index is 12.0. The van der Waals surface area contributed by atoms with Crippen LogP contribution in [0, 0.1) is 11.3 Å². The van der Waals surface area contributed by atoms with Gasteiger partial charge in [0.05, 0.1) is 0 Å². The zero-order valence-corrected chi connectivity index (χ0v) is 11.9. The van der Waals surface area contributed by atoms with Crippen LogP contribution in [0.4, 0.5) is 0 Å². The molecule has 0 bridgehead atoms. The maximum atomic E-state index is 12.0. The summed E-state index contributed by atoms with van der Waals surface area (Å²) in [6.45, 7) is 1.89. The molecule has 1 rings (SSSR count). The Bertz CT molecular complexity index is 586. The minimum Gasteiger partial charge on any atom is -0.480 e. The molecule has 6 nitrogen and oxygen atoms in total. The van der Waals surface area contributed by atoms with E-state index in [0.717, 1.165) is 17.8 Å². The normalized spacial score (nSPS) is 12.8. The number of unbranched alkanes of at least 4 members (excludes halogenated alkanes) is 1. The molecule has 0 saturated carbocycles. The molecule has 1 heterocycles. The van der Waals surface area contributed by atoms with Crippen LogP contribution in [0.3, 0.4) is 0 Å². The van der Waals surface area contributed by atoms with E-state index in [2.05, 4.69) is 4.72 Å². The fourth-order valence-electron chi connectivity index (χ4n) is 1.41. The van der Waals surface area contributed by atoms with Gasteiger partial charge in [-0.25, -0.2) is 8.42 Å². The first-order valence-corrected chi connectivity index (χ1v) is 7.95. The first-order chi connectivity index (χ1) is 8.90. The SMILES string of the molecule is CCCC[C@H](NS(=O)(=O)c1ccc(C#N)s1)C(=O)O. The molecular weight excluding hydrogens is 288 g/mol. The second kappa shape index (κ2) is 6.65. The lowest BCUT2D eigenvalue weighted by atomic mass is 10.1. The molecule has 0 fully saturated rings. The highest BCUT2D eigenvalue weighted by atomic mass is 32.2. The summed E-state index contributed by atoms with van der Waals surface area (Å²) in [4.78, 5) is 11.3. The van der Waals surface area contributed by atoms with E-state index < -0.39 is 22.0 Å². The number of thiophene rings is 1. The van der Waals surface area contributed by atoms with Crippen molar-refractivity contribution in [2.45, 2.75) is 36.4 Å². The third kappa shape index (κ3) is 4.31. The van der Waals surface area contributed by atoms with Gasteiger partial charge in [-0.05, 0) is 18.6 Å². The van der Waals surface area contributed by atoms with Gasteiger partial charge in [0.1, 0.15) is 21.2 Å². The van der Waals surface area contributed by atoms with Crippen LogP contribution in [0.1, 0.15) is 31.1 Å². The zero-order valence-electron chi connectivity index (χ0n) is 10.3. The summed E-state index contributed by atoms with van der Waals surface area (Å²) in [5.74, 6) is -1.20. The molecule has 0 saturated heterocycles. The summed E-state index contributed by atoms with van der Waals surface area (Å²) in [6, 6.07) is 3.38. The molecule has 0 spiro atoms. The van der Waals surface area contributed by atoms with Crippen molar-refractivity contribution in [2.24, 2.45) is 0 Å². The number of nitrogens with one attached hydrogen (secondary N) is 1. The van der Waals surface area contributed by atoms with E-state index in [4.69, 9.17) is 10.4 Å². The lowest BCUT2D eigenvalue weighted by molar-refractivity contribution is -0.139. The van der Waals surface area contributed by atoms with Gasteiger partial charge in [0, 0.05) is 0 Å². The number of nitriles is 1. The lowest BCUT2D eigenvalue weighted by Crippen LogP contribution is -2.40. The molecule has 0 aromatic carbocycles. The van der Waals surface area contributed by atoms with Gasteiger partial charge in [0.25, 0.3) is 10.0 Å². The molecule has 0 unspecified atom stereocenters. The third-order valence-electron chi connectivity index (χ3n) is 2.40. The van der Waals surface area contributed by atoms with Gasteiger partial charge < -0.3 is 5.11 Å². The molecule has 1 atom stereocenters. The van der Waals surface area contributed by atoms with E-state index in [0.29, 0.717) is 6.42 Å². The van der Waals surface area contributed by atoms with Gasteiger partial charge in [-0.15, -0.1) is 11.3 Å². The Morgan fingerprint density at radius 2 is 2.26 bits per heavy atom. The molecule has 1 aromatic rings. The lowest BCUT2D eigenvalue weighted by Gasteiger charge is -2.13. The van der Waals surface area contributed by atoms with Crippen molar-refractivity contribution in [3.8, 4) is 6.07 Å². The van der Waals surface area contributed by atoms with Crippen LogP contribution in [0.15, 0.2) is 16.3 Å². The van der Waals surface area contributed by atoms with Gasteiger partial charge in [0.2, 0.25) is 0 Å². The Balaban J connectivity index is 2.88. The summed E-state index contributed by atoms with van der Waals surface area (Å²) < 4.78 is 26.0. The number of sulfonamides is 1. The number of aliphatic carboxylic acids is 1. The molecule has 8 heteroatoms. The number of carbonyl (C=O) groups is 1. The highest BCUT2D eigenvalue weighted by Gasteiger charge is 2.26. The monoisotopic (exact) mass is 302 g/mol. The van der Waals surface area contributed by atoms with Crippen molar-refractivity contribution in [3.05, 3.63) is 17.0 Å². The molecule has 2 N–H and O–H groups in total. The molecule has 0 aliphatic carbocycles. The van der Waals surface area contributed by atoms with Crippen LogP contribution in [0.5, 0.6) is 0 Å². The molecule has 0 aliphatic rings. The summed E-state index contributed by atoms with van der Waals surface area (Å²) in [5.41, 5.74) is 0. The molecule has 19 heavy (non-hydrogen) atoms. The molecule has 0 amide bonds.